The molecule has 0 aliphatic rings. The molecule has 2 heterocycles. The first kappa shape index (κ1) is 9.86. The fourth-order valence-corrected chi connectivity index (χ4v) is 2.31. The number of nitrogens with zero attached hydrogens (tertiary/aromatic N) is 3. The number of benzene rings is 1. The van der Waals surface area contributed by atoms with Gasteiger partial charge in [0.05, 0.1) is 18.0 Å². The molecule has 0 atom stereocenters. The van der Waals surface area contributed by atoms with E-state index in [-0.39, 0.29) is 0 Å². The molecule has 0 spiro atoms. The molecule has 3 heteroatoms. The van der Waals surface area contributed by atoms with Gasteiger partial charge >= 0.3 is 0 Å². The normalized spacial score (nSPS) is 10.8. The highest BCUT2D eigenvalue weighted by Crippen LogP contribution is 2.27. The van der Waals surface area contributed by atoms with Crippen molar-refractivity contribution in [2.45, 2.75) is 6.42 Å². The average Bonchev–Trinajstić information content (AvgIpc) is 2.65. The minimum Gasteiger partial charge on any atom is -0.344 e. The van der Waals surface area contributed by atoms with E-state index in [4.69, 9.17) is 5.26 Å². The van der Waals surface area contributed by atoms with Gasteiger partial charge in [0.25, 0.3) is 0 Å². The summed E-state index contributed by atoms with van der Waals surface area (Å²) in [4.78, 5) is 4.17. The van der Waals surface area contributed by atoms with E-state index < -0.39 is 0 Å². The van der Waals surface area contributed by atoms with E-state index in [0.717, 1.165) is 10.9 Å². The molecule has 1 aromatic carbocycles. The lowest BCUT2D eigenvalue weighted by molar-refractivity contribution is 1.01. The zero-order valence-electron chi connectivity index (χ0n) is 9.51. The maximum absolute atomic E-state index is 8.74. The highest BCUT2D eigenvalue weighted by atomic mass is 14.9. The van der Waals surface area contributed by atoms with Crippen molar-refractivity contribution < 1.29 is 0 Å². The Bertz CT molecular complexity index is 747. The largest absolute Gasteiger partial charge is 0.344 e. The second-order valence-electron chi connectivity index (χ2n) is 4.14. The quantitative estimate of drug-likeness (QED) is 0.634. The lowest BCUT2D eigenvalue weighted by atomic mass is 10.1. The maximum atomic E-state index is 8.74. The highest BCUT2D eigenvalue weighted by molar-refractivity contribution is 6.07. The molecule has 82 valence electrons. The summed E-state index contributed by atoms with van der Waals surface area (Å²) in [5.41, 5.74) is 3.40. The van der Waals surface area contributed by atoms with E-state index >= 15 is 0 Å². The predicted octanol–water partition coefficient (Wildman–Crippen LogP) is 2.79. The first-order valence-corrected chi connectivity index (χ1v) is 5.49. The molecule has 3 rings (SSSR count). The van der Waals surface area contributed by atoms with Gasteiger partial charge in [-0.2, -0.15) is 5.26 Å². The van der Waals surface area contributed by atoms with Crippen LogP contribution in [0.4, 0.5) is 0 Å². The molecule has 0 aliphatic carbocycles. The van der Waals surface area contributed by atoms with E-state index in [1.807, 2.05) is 18.3 Å². The summed E-state index contributed by atoms with van der Waals surface area (Å²) in [6, 6.07) is 10.4. The lowest BCUT2D eigenvalue weighted by Crippen LogP contribution is -1.87. The van der Waals surface area contributed by atoms with Crippen LogP contribution in [0.5, 0.6) is 0 Å². The topological polar surface area (TPSA) is 41.6 Å². The Morgan fingerprint density at radius 1 is 1.24 bits per heavy atom. The van der Waals surface area contributed by atoms with Gasteiger partial charge in [-0.15, -0.1) is 0 Å². The minimum absolute atomic E-state index is 0.451. The smallest absolute Gasteiger partial charge is 0.0669 e. The third-order valence-electron chi connectivity index (χ3n) is 3.16. The van der Waals surface area contributed by atoms with Crippen molar-refractivity contribution in [3.63, 3.8) is 0 Å². The lowest BCUT2D eigenvalue weighted by Gasteiger charge is -1.98. The Balaban J connectivity index is 2.43. The molecular weight excluding hydrogens is 210 g/mol. The molecule has 0 aliphatic heterocycles. The summed E-state index contributed by atoms with van der Waals surface area (Å²) in [7, 11) is 2.05. The first-order chi connectivity index (χ1) is 8.31. The molecular formula is C14H11N3. The minimum atomic E-state index is 0.451. The van der Waals surface area contributed by atoms with Gasteiger partial charge < -0.3 is 4.57 Å². The number of nitriles is 1. The molecule has 0 unspecified atom stereocenters. The Kier molecular flexibility index (Phi) is 2.09. The third-order valence-corrected chi connectivity index (χ3v) is 3.16. The van der Waals surface area contributed by atoms with Crippen LogP contribution >= 0.6 is 0 Å². The Morgan fingerprint density at radius 3 is 2.88 bits per heavy atom. The van der Waals surface area contributed by atoms with Gasteiger partial charge in [0.1, 0.15) is 0 Å². The SMILES string of the molecule is Cn1c2ccncc2c2cc(CC#N)ccc21. The Morgan fingerprint density at radius 2 is 2.06 bits per heavy atom. The Hall–Kier alpha value is -2.34. The number of aromatic nitrogens is 2. The molecule has 0 amide bonds. The van der Waals surface area contributed by atoms with E-state index in [0.29, 0.717) is 6.42 Å². The van der Waals surface area contributed by atoms with Crippen LogP contribution < -0.4 is 0 Å². The van der Waals surface area contributed by atoms with Crippen LogP contribution in [-0.4, -0.2) is 9.55 Å². The van der Waals surface area contributed by atoms with Crippen LogP contribution in [0.25, 0.3) is 21.8 Å². The number of hydrogen-bond donors (Lipinski definition) is 0. The van der Waals surface area contributed by atoms with Crippen molar-refractivity contribution in [2.24, 2.45) is 7.05 Å². The van der Waals surface area contributed by atoms with Crippen LogP contribution in [0, 0.1) is 11.3 Å². The molecule has 0 bridgehead atoms. The summed E-state index contributed by atoms with van der Waals surface area (Å²) in [5.74, 6) is 0. The van der Waals surface area contributed by atoms with Crippen LogP contribution in [0.1, 0.15) is 5.56 Å². The Labute approximate surface area is 98.9 Å². The summed E-state index contributed by atoms with van der Waals surface area (Å²) < 4.78 is 2.16. The molecule has 0 fully saturated rings. The first-order valence-electron chi connectivity index (χ1n) is 5.49. The summed E-state index contributed by atoms with van der Waals surface area (Å²) >= 11 is 0. The van der Waals surface area contributed by atoms with Crippen molar-refractivity contribution in [1.82, 2.24) is 9.55 Å². The fraction of sp³-hybridized carbons (Fsp3) is 0.143. The van der Waals surface area contributed by atoms with E-state index in [9.17, 15) is 0 Å². The summed E-state index contributed by atoms with van der Waals surface area (Å²) in [6.07, 6.45) is 4.14. The summed E-state index contributed by atoms with van der Waals surface area (Å²) in [5, 5.41) is 11.1. The standard InChI is InChI=1S/C14H11N3/c1-17-13-3-2-10(4-6-15)8-11(13)12-9-16-7-5-14(12)17/h2-3,5,7-9H,4H2,1H3. The molecule has 0 radical (unpaired) electrons. The number of fused-ring (bicyclic) bond motifs is 3. The molecule has 2 aromatic heterocycles. The van der Waals surface area contributed by atoms with Crippen molar-refractivity contribution in [1.29, 1.82) is 5.26 Å². The van der Waals surface area contributed by atoms with Gasteiger partial charge in [-0.25, -0.2) is 0 Å². The van der Waals surface area contributed by atoms with E-state index in [1.165, 1.54) is 16.4 Å². The number of rotatable bonds is 1. The van der Waals surface area contributed by atoms with E-state index in [2.05, 4.69) is 34.8 Å². The van der Waals surface area contributed by atoms with Gasteiger partial charge in [0.2, 0.25) is 0 Å². The second kappa shape index (κ2) is 3.60. The highest BCUT2D eigenvalue weighted by Gasteiger charge is 2.08. The number of aryl methyl sites for hydroxylation is 1. The van der Waals surface area contributed by atoms with Gasteiger partial charge in [0.15, 0.2) is 0 Å². The molecule has 0 saturated carbocycles. The number of hydrogen-bond acceptors (Lipinski definition) is 2. The van der Waals surface area contributed by atoms with Crippen LogP contribution in [0.2, 0.25) is 0 Å². The van der Waals surface area contributed by atoms with E-state index in [1.54, 1.807) is 6.20 Å². The maximum Gasteiger partial charge on any atom is 0.0669 e. The molecule has 17 heavy (non-hydrogen) atoms. The van der Waals surface area contributed by atoms with Gasteiger partial charge in [-0.05, 0) is 23.8 Å². The monoisotopic (exact) mass is 221 g/mol. The van der Waals surface area contributed by atoms with Crippen molar-refractivity contribution in [3.05, 3.63) is 42.2 Å². The zero-order chi connectivity index (χ0) is 11.8. The second-order valence-corrected chi connectivity index (χ2v) is 4.14. The third kappa shape index (κ3) is 1.38. The average molecular weight is 221 g/mol. The van der Waals surface area contributed by atoms with Gasteiger partial charge in [-0.1, -0.05) is 6.07 Å². The summed E-state index contributed by atoms with van der Waals surface area (Å²) in [6.45, 7) is 0. The zero-order valence-corrected chi connectivity index (χ0v) is 9.51. The van der Waals surface area contributed by atoms with Gasteiger partial charge in [0, 0.05) is 35.7 Å². The molecule has 0 saturated heterocycles. The van der Waals surface area contributed by atoms with Crippen molar-refractivity contribution >= 4 is 21.8 Å². The van der Waals surface area contributed by atoms with Crippen LogP contribution in [-0.2, 0) is 13.5 Å². The molecule has 0 N–H and O–H groups in total. The predicted molar refractivity (Wildman–Crippen MR) is 67.5 cm³/mol. The van der Waals surface area contributed by atoms with Crippen LogP contribution in [0.3, 0.4) is 0 Å². The van der Waals surface area contributed by atoms with Crippen LogP contribution in [0.15, 0.2) is 36.7 Å². The fourth-order valence-electron chi connectivity index (χ4n) is 2.31. The van der Waals surface area contributed by atoms with Crippen molar-refractivity contribution in [3.8, 4) is 6.07 Å². The molecule has 3 aromatic rings. The molecule has 3 nitrogen and oxygen atoms in total. The number of pyridine rings is 1. The van der Waals surface area contributed by atoms with Gasteiger partial charge in [-0.3, -0.25) is 4.98 Å². The van der Waals surface area contributed by atoms with Crippen molar-refractivity contribution in [2.75, 3.05) is 0 Å².